The van der Waals surface area contributed by atoms with Crippen molar-refractivity contribution in [3.63, 3.8) is 0 Å². The van der Waals surface area contributed by atoms with Crippen molar-refractivity contribution >= 4 is 5.96 Å². The van der Waals surface area contributed by atoms with E-state index in [9.17, 15) is 4.39 Å². The van der Waals surface area contributed by atoms with Crippen molar-refractivity contribution in [1.29, 1.82) is 0 Å². The molecule has 158 valence electrons. The Morgan fingerprint density at radius 2 is 1.89 bits per heavy atom. The molecule has 2 rings (SSSR count). The van der Waals surface area contributed by atoms with Crippen molar-refractivity contribution in [1.82, 2.24) is 20.4 Å². The number of halogens is 1. The smallest absolute Gasteiger partial charge is 0.191 e. The number of hydrogen-bond acceptors (Lipinski definition) is 4. The summed E-state index contributed by atoms with van der Waals surface area (Å²) in [5.41, 5.74) is 1.10. The van der Waals surface area contributed by atoms with Crippen molar-refractivity contribution < 1.29 is 9.13 Å². The fourth-order valence-corrected chi connectivity index (χ4v) is 3.52. The normalized spacial score (nSPS) is 17.0. The van der Waals surface area contributed by atoms with Crippen LogP contribution < -0.4 is 10.6 Å². The van der Waals surface area contributed by atoms with E-state index < -0.39 is 0 Å². The predicted molar refractivity (Wildman–Crippen MR) is 113 cm³/mol. The van der Waals surface area contributed by atoms with Gasteiger partial charge in [0, 0.05) is 39.8 Å². The van der Waals surface area contributed by atoms with Crippen LogP contribution in [-0.2, 0) is 4.74 Å². The number of ether oxygens (including phenoxy) is 1. The lowest BCUT2D eigenvalue weighted by atomic mass is 10.0. The molecule has 0 radical (unpaired) electrons. The standard InChI is InChI=1S/C21H36FN5O/c1-4-11-26(5-2)12-10-24-21(23-3)25-17-20(27-13-15-28-16-14-27)18-6-8-19(22)9-7-18/h6-9,20H,4-5,10-17H2,1-3H3,(H2,23,24,25). The molecular formula is C21H36FN5O. The van der Waals surface area contributed by atoms with Crippen LogP contribution in [0.25, 0.3) is 0 Å². The zero-order valence-electron chi connectivity index (χ0n) is 17.6. The fourth-order valence-electron chi connectivity index (χ4n) is 3.52. The minimum absolute atomic E-state index is 0.148. The minimum Gasteiger partial charge on any atom is -0.379 e. The van der Waals surface area contributed by atoms with Gasteiger partial charge >= 0.3 is 0 Å². The lowest BCUT2D eigenvalue weighted by molar-refractivity contribution is 0.0170. The summed E-state index contributed by atoms with van der Waals surface area (Å²) in [5, 5.41) is 6.85. The SMILES string of the molecule is CCCN(CC)CCNC(=NC)NCC(c1ccc(F)cc1)N1CCOCC1. The highest BCUT2D eigenvalue weighted by atomic mass is 19.1. The summed E-state index contributed by atoms with van der Waals surface area (Å²) in [7, 11) is 1.79. The molecule has 0 bridgehead atoms. The van der Waals surface area contributed by atoms with Gasteiger partial charge in [0.15, 0.2) is 5.96 Å². The van der Waals surface area contributed by atoms with Crippen LogP contribution >= 0.6 is 0 Å². The van der Waals surface area contributed by atoms with Gasteiger partial charge in [-0.25, -0.2) is 4.39 Å². The summed E-state index contributed by atoms with van der Waals surface area (Å²) in [5.74, 6) is 0.593. The molecule has 6 nitrogen and oxygen atoms in total. The molecule has 1 aliphatic rings. The first-order valence-electron chi connectivity index (χ1n) is 10.4. The molecule has 0 aromatic heterocycles. The van der Waals surface area contributed by atoms with E-state index in [2.05, 4.69) is 39.3 Å². The Kier molecular flexibility index (Phi) is 10.2. The molecule has 1 fully saturated rings. The average Bonchev–Trinajstić information content (AvgIpc) is 2.73. The fraction of sp³-hybridized carbons (Fsp3) is 0.667. The maximum absolute atomic E-state index is 13.4. The molecule has 1 aromatic rings. The third kappa shape index (κ3) is 7.37. The third-order valence-electron chi connectivity index (χ3n) is 5.14. The quantitative estimate of drug-likeness (QED) is 0.471. The summed E-state index contributed by atoms with van der Waals surface area (Å²) < 4.78 is 18.9. The number of morpholine rings is 1. The largest absolute Gasteiger partial charge is 0.379 e. The lowest BCUT2D eigenvalue weighted by Gasteiger charge is -2.35. The molecule has 2 N–H and O–H groups in total. The Labute approximate surface area is 169 Å². The van der Waals surface area contributed by atoms with Crippen molar-refractivity contribution in [3.8, 4) is 0 Å². The van der Waals surface area contributed by atoms with E-state index in [-0.39, 0.29) is 11.9 Å². The highest BCUT2D eigenvalue weighted by Gasteiger charge is 2.23. The summed E-state index contributed by atoms with van der Waals surface area (Å²) >= 11 is 0. The molecular weight excluding hydrogens is 357 g/mol. The summed E-state index contributed by atoms with van der Waals surface area (Å²) in [6, 6.07) is 6.95. The van der Waals surface area contributed by atoms with E-state index in [0.29, 0.717) is 6.54 Å². The summed E-state index contributed by atoms with van der Waals surface area (Å²) in [6.45, 7) is 12.3. The van der Waals surface area contributed by atoms with Gasteiger partial charge < -0.3 is 20.3 Å². The maximum atomic E-state index is 13.4. The third-order valence-corrected chi connectivity index (χ3v) is 5.14. The van der Waals surface area contributed by atoms with Crippen molar-refractivity contribution in [2.24, 2.45) is 4.99 Å². The first-order chi connectivity index (χ1) is 13.7. The molecule has 1 aliphatic heterocycles. The highest BCUT2D eigenvalue weighted by molar-refractivity contribution is 5.79. The number of nitrogens with one attached hydrogen (secondary N) is 2. The molecule has 0 saturated carbocycles. The predicted octanol–water partition coefficient (Wildman–Crippen LogP) is 2.10. The van der Waals surface area contributed by atoms with Gasteiger partial charge in [-0.3, -0.25) is 9.89 Å². The molecule has 1 atom stereocenters. The van der Waals surface area contributed by atoms with Gasteiger partial charge in [0.1, 0.15) is 5.82 Å². The molecule has 0 spiro atoms. The zero-order chi connectivity index (χ0) is 20.2. The van der Waals surface area contributed by atoms with Gasteiger partial charge in [-0.15, -0.1) is 0 Å². The average molecular weight is 394 g/mol. The summed E-state index contributed by atoms with van der Waals surface area (Å²) in [6.07, 6.45) is 1.17. The van der Waals surface area contributed by atoms with Crippen LogP contribution in [0.3, 0.4) is 0 Å². The Morgan fingerprint density at radius 1 is 1.18 bits per heavy atom. The van der Waals surface area contributed by atoms with Crippen LogP contribution in [0.2, 0.25) is 0 Å². The van der Waals surface area contributed by atoms with Crippen molar-refractivity contribution in [2.45, 2.75) is 26.3 Å². The highest BCUT2D eigenvalue weighted by Crippen LogP contribution is 2.21. The number of likely N-dealkylation sites (N-methyl/N-ethyl adjacent to an activating group) is 1. The number of guanidine groups is 1. The lowest BCUT2D eigenvalue weighted by Crippen LogP contribution is -2.47. The van der Waals surface area contributed by atoms with Crippen LogP contribution in [0.4, 0.5) is 4.39 Å². The molecule has 0 aliphatic carbocycles. The Hall–Kier alpha value is -1.70. The second-order valence-corrected chi connectivity index (χ2v) is 7.03. The van der Waals surface area contributed by atoms with E-state index in [1.807, 2.05) is 12.1 Å². The molecule has 1 saturated heterocycles. The maximum Gasteiger partial charge on any atom is 0.191 e. The van der Waals surface area contributed by atoms with E-state index >= 15 is 0 Å². The molecule has 1 heterocycles. The van der Waals surface area contributed by atoms with Gasteiger partial charge in [-0.1, -0.05) is 26.0 Å². The van der Waals surface area contributed by atoms with Gasteiger partial charge in [0.2, 0.25) is 0 Å². The van der Waals surface area contributed by atoms with Gasteiger partial charge in [-0.2, -0.15) is 0 Å². The molecule has 1 unspecified atom stereocenters. The van der Waals surface area contributed by atoms with E-state index in [1.165, 1.54) is 18.6 Å². The topological polar surface area (TPSA) is 52.1 Å². The second-order valence-electron chi connectivity index (χ2n) is 7.03. The molecule has 1 aromatic carbocycles. The monoisotopic (exact) mass is 393 g/mol. The van der Waals surface area contributed by atoms with Crippen LogP contribution in [0, 0.1) is 5.82 Å². The number of nitrogens with zero attached hydrogens (tertiary/aromatic N) is 3. The Balaban J connectivity index is 1.92. The Bertz CT molecular complexity index is 575. The van der Waals surface area contributed by atoms with E-state index in [4.69, 9.17) is 4.74 Å². The first-order valence-corrected chi connectivity index (χ1v) is 10.4. The number of rotatable bonds is 10. The number of hydrogen-bond donors (Lipinski definition) is 2. The van der Waals surface area contributed by atoms with Crippen molar-refractivity contribution in [3.05, 3.63) is 35.6 Å². The van der Waals surface area contributed by atoms with Crippen molar-refractivity contribution in [2.75, 3.05) is 66.1 Å². The Morgan fingerprint density at radius 3 is 2.50 bits per heavy atom. The van der Waals surface area contributed by atoms with Crippen LogP contribution in [-0.4, -0.2) is 81.8 Å². The summed E-state index contributed by atoms with van der Waals surface area (Å²) in [4.78, 5) is 9.17. The minimum atomic E-state index is -0.206. The number of aliphatic imine (C=N–C) groups is 1. The van der Waals surface area contributed by atoms with Crippen LogP contribution in [0.15, 0.2) is 29.3 Å². The second kappa shape index (κ2) is 12.7. The van der Waals surface area contributed by atoms with E-state index in [1.54, 1.807) is 7.05 Å². The number of benzene rings is 1. The van der Waals surface area contributed by atoms with Crippen LogP contribution in [0.1, 0.15) is 31.9 Å². The molecule has 28 heavy (non-hydrogen) atoms. The first kappa shape index (κ1) is 22.6. The van der Waals surface area contributed by atoms with Crippen LogP contribution in [0.5, 0.6) is 0 Å². The van der Waals surface area contributed by atoms with Gasteiger partial charge in [0.05, 0.1) is 19.3 Å². The van der Waals surface area contributed by atoms with E-state index in [0.717, 1.165) is 64.0 Å². The van der Waals surface area contributed by atoms with Gasteiger partial charge in [0.25, 0.3) is 0 Å². The molecule has 7 heteroatoms. The van der Waals surface area contributed by atoms with Gasteiger partial charge in [-0.05, 0) is 37.2 Å². The zero-order valence-corrected chi connectivity index (χ0v) is 17.6. The molecule has 0 amide bonds.